The molecule has 0 aromatic carbocycles. The van der Waals surface area contributed by atoms with Crippen LogP contribution in [0.3, 0.4) is 0 Å². The molecule has 0 aromatic rings. The molecule has 0 rings (SSSR count). The molecule has 0 saturated carbocycles. The third-order valence-corrected chi connectivity index (χ3v) is 1.23. The van der Waals surface area contributed by atoms with Crippen LogP contribution in [0.25, 0.3) is 0 Å². The summed E-state index contributed by atoms with van der Waals surface area (Å²) < 4.78 is 13.9. The Morgan fingerprint density at radius 1 is 1.21 bits per heavy atom. The fourth-order valence-corrected chi connectivity index (χ4v) is 0.739. The zero-order valence-electron chi connectivity index (χ0n) is 8.32. The third kappa shape index (κ3) is 3.93. The van der Waals surface area contributed by atoms with Crippen molar-refractivity contribution >= 4 is 11.9 Å². The Morgan fingerprint density at radius 2 is 1.64 bits per heavy atom. The molecule has 0 heterocycles. The first-order chi connectivity index (χ1) is 6.67. The molecule has 0 saturated heterocycles. The van der Waals surface area contributed by atoms with E-state index in [0.29, 0.717) is 0 Å². The van der Waals surface area contributed by atoms with Gasteiger partial charge in [-0.25, -0.2) is 9.59 Å². The van der Waals surface area contributed by atoms with E-state index in [4.69, 9.17) is 0 Å². The van der Waals surface area contributed by atoms with Gasteiger partial charge in [-0.1, -0.05) is 6.58 Å². The molecule has 0 unspecified atom stereocenters. The summed E-state index contributed by atoms with van der Waals surface area (Å²) in [5.41, 5.74) is 0. The lowest BCUT2D eigenvalue weighted by Gasteiger charge is -2.12. The van der Waals surface area contributed by atoms with Crippen LogP contribution in [0.5, 0.6) is 0 Å². The molecule has 80 valence electrons. The first kappa shape index (κ1) is 12.5. The predicted octanol–water partition coefficient (Wildman–Crippen LogP) is 0.641. The number of esters is 2. The number of rotatable bonds is 6. The highest BCUT2D eigenvalue weighted by molar-refractivity contribution is 5.98. The minimum atomic E-state index is -1.37. The van der Waals surface area contributed by atoms with Gasteiger partial charge in [0.15, 0.2) is 0 Å². The van der Waals surface area contributed by atoms with E-state index < -0.39 is 18.0 Å². The minimum Gasteiger partial charge on any atom is -0.475 e. The Balaban J connectivity index is 4.33. The smallest absolute Gasteiger partial charge is 0.359 e. The quantitative estimate of drug-likeness (QED) is 0.359. The lowest BCUT2D eigenvalue weighted by Crippen LogP contribution is -2.34. The van der Waals surface area contributed by atoms with Crippen molar-refractivity contribution in [1.29, 1.82) is 0 Å². The molecule has 0 bridgehead atoms. The van der Waals surface area contributed by atoms with Gasteiger partial charge >= 0.3 is 11.9 Å². The number of hydrogen-bond donors (Lipinski definition) is 0. The molecular weight excluding hydrogens is 188 g/mol. The summed E-state index contributed by atoms with van der Waals surface area (Å²) in [5, 5.41) is 0. The maximum atomic E-state index is 11.2. The van der Waals surface area contributed by atoms with Crippen LogP contribution in [0.4, 0.5) is 0 Å². The molecule has 0 N–H and O–H groups in total. The molecule has 14 heavy (non-hydrogen) atoms. The van der Waals surface area contributed by atoms with Crippen LogP contribution in [0.15, 0.2) is 12.8 Å². The van der Waals surface area contributed by atoms with E-state index in [1.165, 1.54) is 0 Å². The molecule has 0 aliphatic rings. The summed E-state index contributed by atoms with van der Waals surface area (Å²) in [6.07, 6.45) is -0.370. The van der Waals surface area contributed by atoms with E-state index in [1.807, 2.05) is 0 Å². The van der Waals surface area contributed by atoms with Gasteiger partial charge in [0.25, 0.3) is 6.10 Å². The van der Waals surface area contributed by atoms with Crippen LogP contribution in [0.2, 0.25) is 0 Å². The van der Waals surface area contributed by atoms with Crippen molar-refractivity contribution in [3.63, 3.8) is 0 Å². The van der Waals surface area contributed by atoms with Crippen LogP contribution in [0, 0.1) is 0 Å². The number of ether oxygens (including phenoxy) is 3. The van der Waals surface area contributed by atoms with Crippen LogP contribution < -0.4 is 0 Å². The van der Waals surface area contributed by atoms with Crippen molar-refractivity contribution in [1.82, 2.24) is 0 Å². The second-order valence-electron chi connectivity index (χ2n) is 2.19. The molecule has 0 aromatic heterocycles. The van der Waals surface area contributed by atoms with Gasteiger partial charge in [-0.2, -0.15) is 0 Å². The van der Waals surface area contributed by atoms with Gasteiger partial charge in [-0.15, -0.1) is 0 Å². The molecule has 0 aliphatic heterocycles. The van der Waals surface area contributed by atoms with Gasteiger partial charge < -0.3 is 14.2 Å². The zero-order chi connectivity index (χ0) is 11.0. The van der Waals surface area contributed by atoms with Gasteiger partial charge in [0, 0.05) is 0 Å². The monoisotopic (exact) mass is 202 g/mol. The highest BCUT2D eigenvalue weighted by Crippen LogP contribution is 2.00. The lowest BCUT2D eigenvalue weighted by atomic mass is 10.3. The Morgan fingerprint density at radius 3 is 1.93 bits per heavy atom. The average Bonchev–Trinajstić information content (AvgIpc) is 2.14. The van der Waals surface area contributed by atoms with Crippen LogP contribution >= 0.6 is 0 Å². The van der Waals surface area contributed by atoms with E-state index in [0.717, 1.165) is 6.26 Å². The summed E-state index contributed by atoms with van der Waals surface area (Å²) in [4.78, 5) is 22.3. The van der Waals surface area contributed by atoms with Gasteiger partial charge in [0.1, 0.15) is 0 Å². The lowest BCUT2D eigenvalue weighted by molar-refractivity contribution is -0.168. The average molecular weight is 202 g/mol. The number of hydrogen-bond acceptors (Lipinski definition) is 5. The van der Waals surface area contributed by atoms with E-state index in [9.17, 15) is 9.59 Å². The Labute approximate surface area is 82.6 Å². The summed E-state index contributed by atoms with van der Waals surface area (Å²) in [5.74, 6) is -1.54. The standard InChI is InChI=1S/C9H14O5/c1-4-12-7(8(10)13-5-2)9(11)14-6-3/h4,7H,1,5-6H2,2-3H3. The number of carbonyl (C=O) groups excluding carboxylic acids is 2. The second kappa shape index (κ2) is 6.94. The minimum absolute atomic E-state index is 0.176. The molecule has 0 aliphatic carbocycles. The van der Waals surface area contributed by atoms with Gasteiger partial charge in [0.2, 0.25) is 0 Å². The molecule has 5 nitrogen and oxygen atoms in total. The van der Waals surface area contributed by atoms with Crippen LogP contribution in [0.1, 0.15) is 13.8 Å². The van der Waals surface area contributed by atoms with Crippen molar-refractivity contribution in [3.05, 3.63) is 12.8 Å². The predicted molar refractivity (Wildman–Crippen MR) is 48.3 cm³/mol. The summed E-state index contributed by atoms with van der Waals surface area (Å²) in [7, 11) is 0. The molecule has 0 fully saturated rings. The second-order valence-corrected chi connectivity index (χ2v) is 2.19. The van der Waals surface area contributed by atoms with Gasteiger partial charge in [0.05, 0.1) is 19.5 Å². The highest BCUT2D eigenvalue weighted by atomic mass is 16.6. The van der Waals surface area contributed by atoms with Gasteiger partial charge in [-0.3, -0.25) is 0 Å². The SMILES string of the molecule is C=COC(C(=O)OCC)C(=O)OCC. The summed E-state index contributed by atoms with van der Waals surface area (Å²) in [6.45, 7) is 6.87. The van der Waals surface area contributed by atoms with E-state index in [2.05, 4.69) is 20.8 Å². The van der Waals surface area contributed by atoms with Crippen molar-refractivity contribution in [3.8, 4) is 0 Å². The van der Waals surface area contributed by atoms with Crippen LogP contribution in [-0.4, -0.2) is 31.3 Å². The van der Waals surface area contributed by atoms with E-state index in [1.54, 1.807) is 13.8 Å². The molecular formula is C9H14O5. The molecule has 0 amide bonds. The van der Waals surface area contributed by atoms with Gasteiger partial charge in [-0.05, 0) is 13.8 Å². The summed E-state index contributed by atoms with van der Waals surface area (Å²) in [6, 6.07) is 0. The molecule has 0 radical (unpaired) electrons. The first-order valence-electron chi connectivity index (χ1n) is 4.27. The van der Waals surface area contributed by atoms with Crippen molar-refractivity contribution < 1.29 is 23.8 Å². The molecule has 5 heteroatoms. The largest absolute Gasteiger partial charge is 0.475 e. The van der Waals surface area contributed by atoms with Crippen molar-refractivity contribution in [2.75, 3.05) is 13.2 Å². The first-order valence-corrected chi connectivity index (χ1v) is 4.27. The fraction of sp³-hybridized carbons (Fsp3) is 0.556. The normalized spacial score (nSPS) is 9.36. The van der Waals surface area contributed by atoms with E-state index in [-0.39, 0.29) is 13.2 Å². The summed E-state index contributed by atoms with van der Waals surface area (Å²) >= 11 is 0. The maximum Gasteiger partial charge on any atom is 0.359 e. The number of carbonyl (C=O) groups is 2. The van der Waals surface area contributed by atoms with Crippen molar-refractivity contribution in [2.45, 2.75) is 20.0 Å². The highest BCUT2D eigenvalue weighted by Gasteiger charge is 2.30. The van der Waals surface area contributed by atoms with Crippen LogP contribution in [-0.2, 0) is 23.8 Å². The molecule has 0 spiro atoms. The Kier molecular flexibility index (Phi) is 6.19. The molecule has 0 atom stereocenters. The van der Waals surface area contributed by atoms with Crippen molar-refractivity contribution in [2.24, 2.45) is 0 Å². The Hall–Kier alpha value is -1.52. The third-order valence-electron chi connectivity index (χ3n) is 1.23. The van der Waals surface area contributed by atoms with E-state index >= 15 is 0 Å². The fourth-order valence-electron chi connectivity index (χ4n) is 0.739. The topological polar surface area (TPSA) is 61.8 Å². The Bertz CT molecular complexity index is 193. The zero-order valence-corrected chi connectivity index (χ0v) is 8.32. The maximum absolute atomic E-state index is 11.2.